The van der Waals surface area contributed by atoms with Crippen molar-refractivity contribution in [3.8, 4) is 5.75 Å². The Labute approximate surface area is 163 Å². The predicted octanol–water partition coefficient (Wildman–Crippen LogP) is 2.88. The van der Waals surface area contributed by atoms with Gasteiger partial charge in [-0.05, 0) is 44.3 Å². The van der Waals surface area contributed by atoms with Crippen LogP contribution in [0.3, 0.4) is 0 Å². The molecule has 1 fully saturated rings. The van der Waals surface area contributed by atoms with Crippen molar-refractivity contribution in [3.63, 3.8) is 0 Å². The molecule has 2 rings (SSSR count). The average molecular weight is 378 g/mol. The Morgan fingerprint density at radius 3 is 2.37 bits per heavy atom. The van der Waals surface area contributed by atoms with Gasteiger partial charge in [0.15, 0.2) is 0 Å². The average Bonchev–Trinajstić information content (AvgIpc) is 2.66. The van der Waals surface area contributed by atoms with Gasteiger partial charge in [0, 0.05) is 30.7 Å². The molecule has 1 saturated carbocycles. The van der Waals surface area contributed by atoms with Crippen LogP contribution < -0.4 is 15.8 Å². The van der Waals surface area contributed by atoms with Crippen LogP contribution in [-0.2, 0) is 9.53 Å². The summed E-state index contributed by atoms with van der Waals surface area (Å²) in [7, 11) is 0. The molecule has 0 aliphatic heterocycles. The van der Waals surface area contributed by atoms with E-state index >= 15 is 0 Å². The second-order valence-corrected chi connectivity index (χ2v) is 7.69. The Morgan fingerprint density at radius 1 is 1.22 bits per heavy atom. The highest BCUT2D eigenvalue weighted by Gasteiger charge is 2.62. The highest BCUT2D eigenvalue weighted by molar-refractivity contribution is 5.99. The molecule has 152 valence electrons. The minimum absolute atomic E-state index is 0.0137. The molecule has 1 aliphatic rings. The first-order valence-corrected chi connectivity index (χ1v) is 9.95. The molecule has 1 aromatic rings. The number of anilines is 1. The fourth-order valence-corrected chi connectivity index (χ4v) is 3.53. The molecule has 0 saturated heterocycles. The number of rotatable bonds is 10. The number of benzene rings is 1. The third kappa shape index (κ3) is 4.62. The summed E-state index contributed by atoms with van der Waals surface area (Å²) in [6.45, 7) is 14.4. The van der Waals surface area contributed by atoms with Crippen molar-refractivity contribution in [2.75, 3.05) is 38.2 Å². The van der Waals surface area contributed by atoms with Crippen molar-refractivity contribution in [3.05, 3.63) is 24.3 Å². The van der Waals surface area contributed by atoms with Crippen LogP contribution in [0.1, 0.15) is 41.0 Å². The van der Waals surface area contributed by atoms with Crippen molar-refractivity contribution < 1.29 is 14.3 Å². The van der Waals surface area contributed by atoms with Gasteiger partial charge in [-0.3, -0.25) is 4.79 Å². The first-order valence-electron chi connectivity index (χ1n) is 9.95. The van der Waals surface area contributed by atoms with E-state index in [2.05, 4.69) is 24.1 Å². The SMILES string of the molecule is CCOC1CC(N)(C(=O)Nc2ccc(OCCN(CC)CC)cc2)C1(C)C. The number of amides is 1. The van der Waals surface area contributed by atoms with Gasteiger partial charge in [-0.2, -0.15) is 0 Å². The molecular formula is C21H35N3O3. The lowest BCUT2D eigenvalue weighted by Crippen LogP contribution is -2.74. The molecule has 0 aromatic heterocycles. The number of hydrogen-bond acceptors (Lipinski definition) is 5. The molecule has 2 unspecified atom stereocenters. The summed E-state index contributed by atoms with van der Waals surface area (Å²) in [5.41, 5.74) is 5.81. The van der Waals surface area contributed by atoms with Crippen LogP contribution in [0.2, 0.25) is 0 Å². The number of hydrogen-bond donors (Lipinski definition) is 2. The lowest BCUT2D eigenvalue weighted by molar-refractivity contribution is -0.166. The lowest BCUT2D eigenvalue weighted by Gasteiger charge is -2.57. The van der Waals surface area contributed by atoms with E-state index in [1.165, 1.54) is 0 Å². The van der Waals surface area contributed by atoms with Crippen LogP contribution >= 0.6 is 0 Å². The Balaban J connectivity index is 1.88. The van der Waals surface area contributed by atoms with Crippen LogP contribution in [0.4, 0.5) is 5.69 Å². The van der Waals surface area contributed by atoms with Crippen LogP contribution in [0.15, 0.2) is 24.3 Å². The van der Waals surface area contributed by atoms with Gasteiger partial charge in [-0.1, -0.05) is 27.7 Å². The summed E-state index contributed by atoms with van der Waals surface area (Å²) < 4.78 is 11.5. The summed E-state index contributed by atoms with van der Waals surface area (Å²) >= 11 is 0. The maximum atomic E-state index is 12.8. The number of nitrogens with zero attached hydrogens (tertiary/aromatic N) is 1. The summed E-state index contributed by atoms with van der Waals surface area (Å²) in [6, 6.07) is 7.44. The van der Waals surface area contributed by atoms with E-state index in [4.69, 9.17) is 15.2 Å². The molecular weight excluding hydrogens is 342 g/mol. The third-order valence-corrected chi connectivity index (χ3v) is 5.92. The standard InChI is InChI=1S/C21H35N3O3/c1-6-24(7-2)13-14-27-17-11-9-16(10-12-17)23-19(25)21(22)15-18(26-8-3)20(21,4)5/h9-12,18H,6-8,13-15,22H2,1-5H3,(H,23,25). The quantitative estimate of drug-likeness (QED) is 0.656. The van der Waals surface area contributed by atoms with E-state index in [-0.39, 0.29) is 12.0 Å². The summed E-state index contributed by atoms with van der Waals surface area (Å²) in [4.78, 5) is 15.1. The van der Waals surface area contributed by atoms with Crippen LogP contribution in [0.25, 0.3) is 0 Å². The summed E-state index contributed by atoms with van der Waals surface area (Å²) in [5.74, 6) is 0.627. The normalized spacial score (nSPS) is 23.7. The minimum Gasteiger partial charge on any atom is -0.492 e. The van der Waals surface area contributed by atoms with Gasteiger partial charge >= 0.3 is 0 Å². The zero-order valence-corrected chi connectivity index (χ0v) is 17.4. The van der Waals surface area contributed by atoms with E-state index in [9.17, 15) is 4.79 Å². The lowest BCUT2D eigenvalue weighted by atomic mass is 9.54. The van der Waals surface area contributed by atoms with E-state index in [0.717, 1.165) is 31.1 Å². The van der Waals surface area contributed by atoms with Crippen molar-refractivity contribution >= 4 is 11.6 Å². The Bertz CT molecular complexity index is 614. The van der Waals surface area contributed by atoms with Crippen molar-refractivity contribution in [2.24, 2.45) is 11.1 Å². The van der Waals surface area contributed by atoms with Crippen molar-refractivity contribution in [2.45, 2.75) is 52.7 Å². The van der Waals surface area contributed by atoms with Gasteiger partial charge in [0.2, 0.25) is 5.91 Å². The Morgan fingerprint density at radius 2 is 1.85 bits per heavy atom. The molecule has 0 bridgehead atoms. The molecule has 1 aromatic carbocycles. The second kappa shape index (κ2) is 9.04. The highest BCUT2D eigenvalue weighted by atomic mass is 16.5. The molecule has 6 nitrogen and oxygen atoms in total. The summed E-state index contributed by atoms with van der Waals surface area (Å²) in [6.07, 6.45) is 0.548. The molecule has 0 heterocycles. The third-order valence-electron chi connectivity index (χ3n) is 5.92. The Kier molecular flexibility index (Phi) is 7.25. The number of nitrogens with two attached hydrogens (primary N) is 1. The highest BCUT2D eigenvalue weighted by Crippen LogP contribution is 2.50. The van der Waals surface area contributed by atoms with Gasteiger partial charge in [-0.25, -0.2) is 0 Å². The minimum atomic E-state index is -0.925. The molecule has 27 heavy (non-hydrogen) atoms. The molecule has 1 aliphatic carbocycles. The van der Waals surface area contributed by atoms with Crippen LogP contribution in [0, 0.1) is 5.41 Å². The van der Waals surface area contributed by atoms with E-state index in [1.54, 1.807) is 0 Å². The second-order valence-electron chi connectivity index (χ2n) is 7.69. The first kappa shape index (κ1) is 21.7. The first-order chi connectivity index (χ1) is 12.8. The zero-order chi connectivity index (χ0) is 20.1. The largest absolute Gasteiger partial charge is 0.492 e. The van der Waals surface area contributed by atoms with Gasteiger partial charge < -0.3 is 25.4 Å². The van der Waals surface area contributed by atoms with Crippen LogP contribution in [-0.4, -0.2) is 55.3 Å². The molecule has 1 amide bonds. The van der Waals surface area contributed by atoms with Gasteiger partial charge in [-0.15, -0.1) is 0 Å². The molecule has 6 heteroatoms. The molecule has 0 radical (unpaired) electrons. The molecule has 0 spiro atoms. The van der Waals surface area contributed by atoms with Crippen LogP contribution in [0.5, 0.6) is 5.75 Å². The number of carbonyl (C=O) groups is 1. The fraction of sp³-hybridized carbons (Fsp3) is 0.667. The van der Waals surface area contributed by atoms with E-state index in [1.807, 2.05) is 45.0 Å². The Hall–Kier alpha value is -1.63. The molecule has 2 atom stereocenters. The fourth-order valence-electron chi connectivity index (χ4n) is 3.53. The number of ether oxygens (including phenoxy) is 2. The summed E-state index contributed by atoms with van der Waals surface area (Å²) in [5, 5.41) is 2.94. The topological polar surface area (TPSA) is 76.8 Å². The van der Waals surface area contributed by atoms with E-state index < -0.39 is 11.0 Å². The number of nitrogens with one attached hydrogen (secondary N) is 1. The van der Waals surface area contributed by atoms with Gasteiger partial charge in [0.05, 0.1) is 6.10 Å². The van der Waals surface area contributed by atoms with E-state index in [0.29, 0.717) is 19.6 Å². The van der Waals surface area contributed by atoms with Crippen molar-refractivity contribution in [1.82, 2.24) is 4.90 Å². The van der Waals surface area contributed by atoms with Crippen molar-refractivity contribution in [1.29, 1.82) is 0 Å². The predicted molar refractivity (Wildman–Crippen MR) is 109 cm³/mol. The number of carbonyl (C=O) groups excluding carboxylic acids is 1. The maximum Gasteiger partial charge on any atom is 0.245 e. The molecule has 3 N–H and O–H groups in total. The monoisotopic (exact) mass is 377 g/mol. The number of likely N-dealkylation sites (N-methyl/N-ethyl adjacent to an activating group) is 1. The smallest absolute Gasteiger partial charge is 0.245 e. The van der Waals surface area contributed by atoms with Gasteiger partial charge in [0.25, 0.3) is 0 Å². The van der Waals surface area contributed by atoms with Gasteiger partial charge in [0.1, 0.15) is 17.9 Å². The maximum absolute atomic E-state index is 12.8. The zero-order valence-electron chi connectivity index (χ0n) is 17.4.